The Kier molecular flexibility index (Phi) is 7.84. The van der Waals surface area contributed by atoms with E-state index in [2.05, 4.69) is 38.9 Å². The third-order valence-corrected chi connectivity index (χ3v) is 6.34. The molecule has 3 rings (SSSR count). The van der Waals surface area contributed by atoms with Crippen molar-refractivity contribution in [2.24, 2.45) is 10.9 Å². The lowest BCUT2D eigenvalue weighted by Crippen LogP contribution is -2.53. The highest BCUT2D eigenvalue weighted by Gasteiger charge is 2.28. The second-order valence-corrected chi connectivity index (χ2v) is 8.09. The highest BCUT2D eigenvalue weighted by molar-refractivity contribution is 5.80. The molecule has 0 aromatic heterocycles. The number of nitrogens with one attached hydrogen (secondary N) is 1. The molecule has 2 aliphatic heterocycles. The molecule has 2 atom stereocenters. The summed E-state index contributed by atoms with van der Waals surface area (Å²) in [5.74, 6) is 0.666. The Hall–Kier alpha value is -1.73. The van der Waals surface area contributed by atoms with Crippen molar-refractivity contribution in [1.29, 1.82) is 0 Å². The van der Waals surface area contributed by atoms with Crippen molar-refractivity contribution in [1.82, 2.24) is 20.0 Å². The van der Waals surface area contributed by atoms with Crippen LogP contribution in [0, 0.1) is 17.6 Å². The SMILES string of the molecule is CCC(c1ccc(F)cc1F)N1CCN(C(=NC)NCC2CCN(CC)C2)CC1. The Labute approximate surface area is 173 Å². The molecule has 2 heterocycles. The number of piperazine rings is 1. The van der Waals surface area contributed by atoms with Crippen LogP contribution >= 0.6 is 0 Å². The summed E-state index contributed by atoms with van der Waals surface area (Å²) >= 11 is 0. The van der Waals surface area contributed by atoms with Crippen LogP contribution in [-0.4, -0.2) is 80.1 Å². The summed E-state index contributed by atoms with van der Waals surface area (Å²) in [5, 5.41) is 3.56. The van der Waals surface area contributed by atoms with E-state index in [4.69, 9.17) is 0 Å². The predicted molar refractivity (Wildman–Crippen MR) is 114 cm³/mol. The number of rotatable bonds is 6. The third-order valence-electron chi connectivity index (χ3n) is 6.34. The van der Waals surface area contributed by atoms with Crippen LogP contribution < -0.4 is 5.32 Å². The van der Waals surface area contributed by atoms with Crippen molar-refractivity contribution in [3.8, 4) is 0 Å². The monoisotopic (exact) mass is 407 g/mol. The number of guanidine groups is 1. The predicted octanol–water partition coefficient (Wildman–Crippen LogP) is 2.95. The van der Waals surface area contributed by atoms with Crippen LogP contribution in [0.1, 0.15) is 38.3 Å². The van der Waals surface area contributed by atoms with Gasteiger partial charge in [0.1, 0.15) is 11.6 Å². The second kappa shape index (κ2) is 10.3. The van der Waals surface area contributed by atoms with Gasteiger partial charge in [0.05, 0.1) is 0 Å². The van der Waals surface area contributed by atoms with E-state index in [0.717, 1.165) is 64.3 Å². The molecule has 2 fully saturated rings. The van der Waals surface area contributed by atoms with Crippen LogP contribution in [0.3, 0.4) is 0 Å². The molecule has 0 radical (unpaired) electrons. The Morgan fingerprint density at radius 3 is 2.52 bits per heavy atom. The molecule has 2 unspecified atom stereocenters. The lowest BCUT2D eigenvalue weighted by Gasteiger charge is -2.40. The molecule has 0 amide bonds. The van der Waals surface area contributed by atoms with Crippen LogP contribution in [-0.2, 0) is 0 Å². The zero-order chi connectivity index (χ0) is 20.8. The van der Waals surface area contributed by atoms with Crippen molar-refractivity contribution in [2.75, 3.05) is 59.4 Å². The van der Waals surface area contributed by atoms with Crippen LogP contribution in [0.5, 0.6) is 0 Å². The first kappa shape index (κ1) is 22.0. The fraction of sp³-hybridized carbons (Fsp3) is 0.682. The van der Waals surface area contributed by atoms with Crippen molar-refractivity contribution < 1.29 is 8.78 Å². The number of nitrogens with zero attached hydrogens (tertiary/aromatic N) is 4. The number of hydrogen-bond acceptors (Lipinski definition) is 3. The van der Waals surface area contributed by atoms with Crippen LogP contribution in [0.2, 0.25) is 0 Å². The minimum Gasteiger partial charge on any atom is -0.356 e. The van der Waals surface area contributed by atoms with Gasteiger partial charge in [-0.3, -0.25) is 9.89 Å². The number of aliphatic imine (C=N–C) groups is 1. The van der Waals surface area contributed by atoms with Gasteiger partial charge in [0.2, 0.25) is 0 Å². The molecule has 0 aliphatic carbocycles. The summed E-state index contributed by atoms with van der Waals surface area (Å²) < 4.78 is 27.6. The van der Waals surface area contributed by atoms with Crippen molar-refractivity contribution >= 4 is 5.96 Å². The highest BCUT2D eigenvalue weighted by Crippen LogP contribution is 2.28. The van der Waals surface area contributed by atoms with Gasteiger partial charge in [0.25, 0.3) is 0 Å². The molecule has 0 spiro atoms. The molecule has 162 valence electrons. The van der Waals surface area contributed by atoms with Gasteiger partial charge >= 0.3 is 0 Å². The first-order valence-electron chi connectivity index (χ1n) is 10.9. The van der Waals surface area contributed by atoms with Gasteiger partial charge < -0.3 is 15.1 Å². The van der Waals surface area contributed by atoms with E-state index < -0.39 is 11.6 Å². The molecule has 5 nitrogen and oxygen atoms in total. The summed E-state index contributed by atoms with van der Waals surface area (Å²) in [5.41, 5.74) is 0.589. The summed E-state index contributed by atoms with van der Waals surface area (Å²) in [4.78, 5) is 11.6. The van der Waals surface area contributed by atoms with Gasteiger partial charge in [-0.15, -0.1) is 0 Å². The molecule has 2 aliphatic rings. The minimum atomic E-state index is -0.523. The van der Waals surface area contributed by atoms with Crippen molar-refractivity contribution in [2.45, 2.75) is 32.7 Å². The molecule has 29 heavy (non-hydrogen) atoms. The lowest BCUT2D eigenvalue weighted by molar-refractivity contribution is 0.124. The van der Waals surface area contributed by atoms with Crippen LogP contribution in [0.25, 0.3) is 0 Å². The molecule has 2 saturated heterocycles. The Bertz CT molecular complexity index is 688. The summed E-state index contributed by atoms with van der Waals surface area (Å²) in [7, 11) is 1.84. The van der Waals surface area contributed by atoms with Gasteiger partial charge in [0.15, 0.2) is 5.96 Å². The van der Waals surface area contributed by atoms with Crippen LogP contribution in [0.15, 0.2) is 23.2 Å². The maximum atomic E-state index is 14.3. The molecular formula is C22H35F2N5. The van der Waals surface area contributed by atoms with Gasteiger partial charge in [-0.1, -0.05) is 19.9 Å². The average molecular weight is 408 g/mol. The first-order valence-corrected chi connectivity index (χ1v) is 10.9. The third kappa shape index (κ3) is 5.45. The van der Waals surface area contributed by atoms with E-state index in [-0.39, 0.29) is 6.04 Å². The Morgan fingerprint density at radius 1 is 1.17 bits per heavy atom. The van der Waals surface area contributed by atoms with E-state index in [1.165, 1.54) is 19.0 Å². The molecular weight excluding hydrogens is 372 g/mol. The summed E-state index contributed by atoms with van der Waals surface area (Å²) in [6.45, 7) is 12.1. The van der Waals surface area contributed by atoms with E-state index in [1.807, 2.05) is 7.05 Å². The smallest absolute Gasteiger partial charge is 0.193 e. The normalized spacial score (nSPS) is 22.9. The van der Waals surface area contributed by atoms with E-state index in [0.29, 0.717) is 11.5 Å². The van der Waals surface area contributed by atoms with Gasteiger partial charge in [0, 0.05) is 64.0 Å². The number of halogens is 2. The average Bonchev–Trinajstić information content (AvgIpc) is 3.19. The largest absolute Gasteiger partial charge is 0.356 e. The van der Waals surface area contributed by atoms with Gasteiger partial charge in [-0.2, -0.15) is 0 Å². The fourth-order valence-corrected chi connectivity index (χ4v) is 4.63. The second-order valence-electron chi connectivity index (χ2n) is 8.09. The minimum absolute atomic E-state index is 0.0220. The quantitative estimate of drug-likeness (QED) is 0.581. The maximum Gasteiger partial charge on any atom is 0.193 e. The van der Waals surface area contributed by atoms with Gasteiger partial charge in [-0.25, -0.2) is 8.78 Å². The number of likely N-dealkylation sites (tertiary alicyclic amines) is 1. The van der Waals surface area contributed by atoms with E-state index in [9.17, 15) is 8.78 Å². The van der Waals surface area contributed by atoms with E-state index >= 15 is 0 Å². The molecule has 7 heteroatoms. The standard InChI is InChI=1S/C22H35F2N5/c1-4-21(19-7-6-18(23)14-20(19)24)28-10-12-29(13-11-28)22(25-3)26-15-17-8-9-27(5-2)16-17/h6-7,14,17,21H,4-5,8-13,15-16H2,1-3H3,(H,25,26). The van der Waals surface area contributed by atoms with Crippen molar-refractivity contribution in [3.05, 3.63) is 35.4 Å². The molecule has 1 N–H and O–H groups in total. The molecule has 0 bridgehead atoms. The van der Waals surface area contributed by atoms with Crippen molar-refractivity contribution in [3.63, 3.8) is 0 Å². The fourth-order valence-electron chi connectivity index (χ4n) is 4.63. The number of benzene rings is 1. The first-order chi connectivity index (χ1) is 14.0. The topological polar surface area (TPSA) is 34.1 Å². The lowest BCUT2D eigenvalue weighted by atomic mass is 10.0. The summed E-state index contributed by atoms with van der Waals surface area (Å²) in [6.07, 6.45) is 2.04. The molecule has 1 aromatic carbocycles. The number of hydrogen-bond donors (Lipinski definition) is 1. The van der Waals surface area contributed by atoms with Gasteiger partial charge in [-0.05, 0) is 37.9 Å². The zero-order valence-corrected chi connectivity index (χ0v) is 18.0. The zero-order valence-electron chi connectivity index (χ0n) is 18.0. The maximum absolute atomic E-state index is 14.3. The Balaban J connectivity index is 1.53. The molecule has 0 saturated carbocycles. The Morgan fingerprint density at radius 2 is 1.93 bits per heavy atom. The highest BCUT2D eigenvalue weighted by atomic mass is 19.1. The molecule has 1 aromatic rings. The van der Waals surface area contributed by atoms with Crippen LogP contribution in [0.4, 0.5) is 8.78 Å². The van der Waals surface area contributed by atoms with E-state index in [1.54, 1.807) is 6.07 Å². The summed E-state index contributed by atoms with van der Waals surface area (Å²) in [6, 6.07) is 3.91.